The van der Waals surface area contributed by atoms with Crippen molar-refractivity contribution in [2.24, 2.45) is 0 Å². The van der Waals surface area contributed by atoms with Crippen molar-refractivity contribution in [3.8, 4) is 0 Å². The Balaban J connectivity index is 3.61. The van der Waals surface area contributed by atoms with E-state index in [2.05, 4.69) is 11.9 Å². The Bertz CT molecular complexity index is 151. The van der Waals surface area contributed by atoms with Gasteiger partial charge in [-0.2, -0.15) is 0 Å². The topological polar surface area (TPSA) is 38.3 Å². The second kappa shape index (κ2) is 4.18. The summed E-state index contributed by atoms with van der Waals surface area (Å²) >= 11 is 0. The van der Waals surface area contributed by atoms with Crippen molar-refractivity contribution in [2.75, 3.05) is 6.54 Å². The van der Waals surface area contributed by atoms with Gasteiger partial charge in [-0.05, 0) is 19.6 Å². The Labute approximate surface area is 68.6 Å². The second-order valence-corrected chi connectivity index (χ2v) is 7.60. The van der Waals surface area contributed by atoms with Crippen LogP contribution in [0.15, 0.2) is 12.7 Å². The molecule has 0 aromatic heterocycles. The van der Waals surface area contributed by atoms with E-state index in [-0.39, 0.29) is 6.09 Å². The van der Waals surface area contributed by atoms with Gasteiger partial charge in [-0.25, -0.2) is 4.79 Å². The standard InChI is InChI=1S/C7H15NO2Si/c1-5-6-8-7(9)10-11(2,3)4/h5H,1,6H2,2-4H3,(H,8,9). The van der Waals surface area contributed by atoms with Crippen LogP contribution in [-0.4, -0.2) is 21.0 Å². The Morgan fingerprint density at radius 1 is 1.64 bits per heavy atom. The summed E-state index contributed by atoms with van der Waals surface area (Å²) in [4.78, 5) is 10.9. The van der Waals surface area contributed by atoms with E-state index in [1.54, 1.807) is 6.08 Å². The molecule has 0 bridgehead atoms. The highest BCUT2D eigenvalue weighted by Crippen LogP contribution is 2.01. The number of hydrogen-bond acceptors (Lipinski definition) is 2. The smallest absolute Gasteiger partial charge is 0.393 e. The van der Waals surface area contributed by atoms with E-state index in [1.165, 1.54) is 0 Å². The molecule has 1 amide bonds. The molecule has 0 aromatic carbocycles. The van der Waals surface area contributed by atoms with E-state index in [0.717, 1.165) is 0 Å². The summed E-state index contributed by atoms with van der Waals surface area (Å²) in [6.45, 7) is 9.81. The van der Waals surface area contributed by atoms with Gasteiger partial charge in [-0.3, -0.25) is 0 Å². The summed E-state index contributed by atoms with van der Waals surface area (Å²) in [5.41, 5.74) is 0. The fraction of sp³-hybridized carbons (Fsp3) is 0.571. The molecule has 0 saturated carbocycles. The largest absolute Gasteiger partial charge is 0.504 e. The van der Waals surface area contributed by atoms with Crippen molar-refractivity contribution < 1.29 is 9.22 Å². The van der Waals surface area contributed by atoms with E-state index >= 15 is 0 Å². The molecule has 0 unspecified atom stereocenters. The SMILES string of the molecule is C=CCNC(=O)O[Si](C)(C)C. The first kappa shape index (κ1) is 10.2. The van der Waals surface area contributed by atoms with E-state index in [0.29, 0.717) is 6.54 Å². The quantitative estimate of drug-likeness (QED) is 0.521. The third-order valence-corrected chi connectivity index (χ3v) is 1.59. The molecule has 64 valence electrons. The van der Waals surface area contributed by atoms with Gasteiger partial charge in [0.1, 0.15) is 0 Å². The highest BCUT2D eigenvalue weighted by Gasteiger charge is 2.18. The normalized spacial score (nSPS) is 10.5. The molecule has 0 aliphatic carbocycles. The molecular formula is C7H15NO2Si. The zero-order valence-electron chi connectivity index (χ0n) is 7.31. The second-order valence-electron chi connectivity index (χ2n) is 3.17. The van der Waals surface area contributed by atoms with Gasteiger partial charge >= 0.3 is 6.09 Å². The molecule has 0 heterocycles. The molecule has 1 N–H and O–H groups in total. The third kappa shape index (κ3) is 7.12. The lowest BCUT2D eigenvalue weighted by Gasteiger charge is -2.16. The highest BCUT2D eigenvalue weighted by atomic mass is 28.4. The summed E-state index contributed by atoms with van der Waals surface area (Å²) in [6.07, 6.45) is 1.27. The number of rotatable bonds is 3. The molecule has 0 spiro atoms. The Hall–Kier alpha value is -0.773. The maximum Gasteiger partial charge on any atom is 0.393 e. The maximum atomic E-state index is 10.9. The maximum absolute atomic E-state index is 10.9. The van der Waals surface area contributed by atoms with Crippen LogP contribution in [0.4, 0.5) is 4.79 Å². The zero-order chi connectivity index (χ0) is 8.91. The van der Waals surface area contributed by atoms with Crippen LogP contribution >= 0.6 is 0 Å². The number of carbonyl (C=O) groups is 1. The van der Waals surface area contributed by atoms with Gasteiger partial charge in [0.05, 0.1) is 0 Å². The van der Waals surface area contributed by atoms with Crippen molar-refractivity contribution in [3.63, 3.8) is 0 Å². The number of nitrogens with one attached hydrogen (secondary N) is 1. The van der Waals surface area contributed by atoms with Crippen LogP contribution in [0.25, 0.3) is 0 Å². The van der Waals surface area contributed by atoms with Crippen molar-refractivity contribution in [2.45, 2.75) is 19.6 Å². The summed E-state index contributed by atoms with van der Waals surface area (Å²) in [5, 5.41) is 2.54. The molecule has 11 heavy (non-hydrogen) atoms. The van der Waals surface area contributed by atoms with E-state index < -0.39 is 8.32 Å². The Kier molecular flexibility index (Phi) is 3.88. The van der Waals surface area contributed by atoms with Crippen LogP contribution in [-0.2, 0) is 4.43 Å². The lowest BCUT2D eigenvalue weighted by molar-refractivity contribution is 0.200. The van der Waals surface area contributed by atoms with Gasteiger partial charge in [0.25, 0.3) is 0 Å². The first-order chi connectivity index (χ1) is 4.95. The molecule has 0 aliphatic rings. The van der Waals surface area contributed by atoms with Gasteiger partial charge < -0.3 is 9.74 Å². The number of hydrogen-bond donors (Lipinski definition) is 1. The molecule has 3 nitrogen and oxygen atoms in total. The van der Waals surface area contributed by atoms with Gasteiger partial charge in [0.15, 0.2) is 0 Å². The summed E-state index contributed by atoms with van der Waals surface area (Å²) in [7, 11) is -1.72. The van der Waals surface area contributed by atoms with Crippen molar-refractivity contribution in [1.82, 2.24) is 5.32 Å². The lowest BCUT2D eigenvalue weighted by atomic mass is 10.6. The average Bonchev–Trinajstić information content (AvgIpc) is 1.79. The van der Waals surface area contributed by atoms with E-state index in [4.69, 9.17) is 4.43 Å². The Morgan fingerprint density at radius 2 is 2.18 bits per heavy atom. The van der Waals surface area contributed by atoms with E-state index in [9.17, 15) is 4.79 Å². The van der Waals surface area contributed by atoms with Gasteiger partial charge in [0.2, 0.25) is 8.32 Å². The molecule has 0 atom stereocenters. The van der Waals surface area contributed by atoms with E-state index in [1.807, 2.05) is 19.6 Å². The number of amides is 1. The Morgan fingerprint density at radius 3 is 2.55 bits per heavy atom. The monoisotopic (exact) mass is 173 g/mol. The van der Waals surface area contributed by atoms with Crippen LogP contribution in [0, 0.1) is 0 Å². The fourth-order valence-corrected chi connectivity index (χ4v) is 1.10. The average molecular weight is 173 g/mol. The summed E-state index contributed by atoms with van der Waals surface area (Å²) < 4.78 is 5.08. The third-order valence-electron chi connectivity index (χ3n) is 0.790. The first-order valence-corrected chi connectivity index (χ1v) is 6.94. The first-order valence-electron chi connectivity index (χ1n) is 3.53. The van der Waals surface area contributed by atoms with Crippen LogP contribution in [0.3, 0.4) is 0 Å². The minimum Gasteiger partial charge on any atom is -0.504 e. The van der Waals surface area contributed by atoms with Crippen LogP contribution in [0.2, 0.25) is 19.6 Å². The minimum atomic E-state index is -1.72. The predicted octanol–water partition coefficient (Wildman–Crippen LogP) is 1.73. The number of carbonyl (C=O) groups excluding carboxylic acids is 1. The van der Waals surface area contributed by atoms with Gasteiger partial charge in [-0.1, -0.05) is 6.08 Å². The fourth-order valence-electron chi connectivity index (χ4n) is 0.470. The van der Waals surface area contributed by atoms with Crippen LogP contribution in [0.1, 0.15) is 0 Å². The van der Waals surface area contributed by atoms with Gasteiger partial charge in [-0.15, -0.1) is 6.58 Å². The summed E-state index contributed by atoms with van der Waals surface area (Å²) in [6, 6.07) is 0. The molecule has 4 heteroatoms. The molecular weight excluding hydrogens is 158 g/mol. The molecule has 0 radical (unpaired) electrons. The van der Waals surface area contributed by atoms with Crippen LogP contribution < -0.4 is 5.32 Å². The van der Waals surface area contributed by atoms with Crippen molar-refractivity contribution in [1.29, 1.82) is 0 Å². The molecule has 0 fully saturated rings. The zero-order valence-corrected chi connectivity index (χ0v) is 8.31. The molecule has 0 aliphatic heterocycles. The van der Waals surface area contributed by atoms with Crippen molar-refractivity contribution >= 4 is 14.4 Å². The highest BCUT2D eigenvalue weighted by molar-refractivity contribution is 6.71. The van der Waals surface area contributed by atoms with Crippen molar-refractivity contribution in [3.05, 3.63) is 12.7 Å². The predicted molar refractivity (Wildman–Crippen MR) is 48.0 cm³/mol. The molecule has 0 aromatic rings. The molecule has 0 rings (SSSR count). The molecule has 0 saturated heterocycles. The summed E-state index contributed by atoms with van der Waals surface area (Å²) in [5.74, 6) is 0. The van der Waals surface area contributed by atoms with Gasteiger partial charge in [0, 0.05) is 6.54 Å². The van der Waals surface area contributed by atoms with Crippen LogP contribution in [0.5, 0.6) is 0 Å². The lowest BCUT2D eigenvalue weighted by Crippen LogP contribution is -2.35. The minimum absolute atomic E-state index is 0.343.